The molecule has 3 heteroatoms. The molecule has 0 aliphatic heterocycles. The van der Waals surface area contributed by atoms with Crippen molar-refractivity contribution >= 4 is 5.91 Å². The van der Waals surface area contributed by atoms with E-state index in [2.05, 4.69) is 103 Å². The van der Waals surface area contributed by atoms with E-state index in [1.165, 1.54) is 54.5 Å². The number of amides is 1. The quantitative estimate of drug-likeness (QED) is 0.460. The summed E-state index contributed by atoms with van der Waals surface area (Å²) < 4.78 is 2.45. The van der Waals surface area contributed by atoms with Gasteiger partial charge in [-0.1, -0.05) is 87.6 Å². The van der Waals surface area contributed by atoms with Crippen molar-refractivity contribution in [3.8, 4) is 11.3 Å². The number of aromatic nitrogens is 1. The van der Waals surface area contributed by atoms with E-state index in [1.54, 1.807) is 0 Å². The predicted molar refractivity (Wildman–Crippen MR) is 150 cm³/mol. The minimum atomic E-state index is 0.0455. The first kappa shape index (κ1) is 27.6. The summed E-state index contributed by atoms with van der Waals surface area (Å²) in [6.45, 7) is 24.0. The van der Waals surface area contributed by atoms with Gasteiger partial charge in [-0.3, -0.25) is 4.79 Å². The highest BCUT2D eigenvalue weighted by atomic mass is 16.1. The van der Waals surface area contributed by atoms with Gasteiger partial charge in [0.15, 0.2) is 0 Å². The first-order valence-electron chi connectivity index (χ1n) is 13.7. The Labute approximate surface area is 215 Å². The van der Waals surface area contributed by atoms with Gasteiger partial charge in [-0.2, -0.15) is 0 Å². The molecular weight excluding hydrogens is 428 g/mol. The molecule has 3 rings (SSSR count). The third-order valence-corrected chi connectivity index (χ3v) is 7.52. The van der Waals surface area contributed by atoms with Crippen LogP contribution < -0.4 is 5.32 Å². The fourth-order valence-corrected chi connectivity index (χ4v) is 5.06. The van der Waals surface area contributed by atoms with E-state index in [-0.39, 0.29) is 22.2 Å². The molecule has 194 valence electrons. The van der Waals surface area contributed by atoms with E-state index >= 15 is 0 Å². The topological polar surface area (TPSA) is 34.0 Å². The van der Waals surface area contributed by atoms with Crippen LogP contribution in [0.3, 0.4) is 0 Å². The van der Waals surface area contributed by atoms with Gasteiger partial charge in [-0.05, 0) is 76.8 Å². The van der Waals surface area contributed by atoms with Crippen molar-refractivity contribution in [2.24, 2.45) is 11.3 Å². The fourth-order valence-electron chi connectivity index (χ4n) is 5.06. The smallest absolute Gasteiger partial charge is 0.253 e. The highest BCUT2D eigenvalue weighted by Crippen LogP contribution is 2.37. The number of nitrogens with one attached hydrogen (secondary N) is 1. The maximum atomic E-state index is 13.3. The second-order valence-electron chi connectivity index (χ2n) is 14.2. The summed E-state index contributed by atoms with van der Waals surface area (Å²) in [6, 6.07) is 9.25. The molecule has 1 aromatic carbocycles. The number of nitrogens with zero attached hydrogens (tertiary/aromatic N) is 1. The Morgan fingerprint density at radius 3 is 1.89 bits per heavy atom. The van der Waals surface area contributed by atoms with Crippen molar-refractivity contribution in [1.82, 2.24) is 9.88 Å². The van der Waals surface area contributed by atoms with Gasteiger partial charge < -0.3 is 9.88 Å². The van der Waals surface area contributed by atoms with Crippen molar-refractivity contribution < 1.29 is 4.79 Å². The van der Waals surface area contributed by atoms with E-state index in [0.717, 1.165) is 17.8 Å². The average Bonchev–Trinajstić information content (AvgIpc) is 3.07. The van der Waals surface area contributed by atoms with Gasteiger partial charge >= 0.3 is 0 Å². The summed E-state index contributed by atoms with van der Waals surface area (Å²) in [5.74, 6) is 0.732. The van der Waals surface area contributed by atoms with E-state index < -0.39 is 0 Å². The molecule has 2 aromatic rings. The molecule has 1 aromatic heterocycles. The van der Waals surface area contributed by atoms with E-state index in [9.17, 15) is 4.79 Å². The molecule has 35 heavy (non-hydrogen) atoms. The Balaban J connectivity index is 2.14. The van der Waals surface area contributed by atoms with E-state index in [1.807, 2.05) is 0 Å². The molecule has 0 bridgehead atoms. The molecule has 0 radical (unpaired) electrons. The van der Waals surface area contributed by atoms with Crippen LogP contribution in [-0.4, -0.2) is 17.0 Å². The molecule has 1 amide bonds. The van der Waals surface area contributed by atoms with Crippen LogP contribution in [0.1, 0.15) is 122 Å². The number of rotatable bonds is 5. The third-order valence-electron chi connectivity index (χ3n) is 7.52. The number of benzene rings is 1. The lowest BCUT2D eigenvalue weighted by Gasteiger charge is -2.27. The Hall–Kier alpha value is -2.03. The van der Waals surface area contributed by atoms with Gasteiger partial charge in [0.05, 0.1) is 5.56 Å². The third kappa shape index (κ3) is 7.02. The lowest BCUT2D eigenvalue weighted by Crippen LogP contribution is -2.32. The van der Waals surface area contributed by atoms with Crippen LogP contribution in [0.2, 0.25) is 0 Å². The first-order valence-corrected chi connectivity index (χ1v) is 13.7. The number of carbonyl (C=O) groups is 1. The second kappa shape index (κ2) is 10.1. The Morgan fingerprint density at radius 2 is 1.40 bits per heavy atom. The second-order valence-corrected chi connectivity index (χ2v) is 14.2. The van der Waals surface area contributed by atoms with Crippen LogP contribution in [0.15, 0.2) is 24.3 Å². The molecule has 1 aliphatic rings. The Kier molecular flexibility index (Phi) is 7.99. The van der Waals surface area contributed by atoms with Crippen molar-refractivity contribution in [2.75, 3.05) is 6.54 Å². The lowest BCUT2D eigenvalue weighted by molar-refractivity contribution is 0.0938. The highest BCUT2D eigenvalue weighted by molar-refractivity contribution is 5.97. The molecular formula is C32H50N2O. The van der Waals surface area contributed by atoms with Gasteiger partial charge in [-0.25, -0.2) is 0 Å². The van der Waals surface area contributed by atoms with Crippen LogP contribution in [0.5, 0.6) is 0 Å². The molecule has 1 heterocycles. The van der Waals surface area contributed by atoms with Crippen molar-refractivity contribution in [3.05, 3.63) is 46.6 Å². The molecule has 0 atom stereocenters. The minimum absolute atomic E-state index is 0.0455. The Morgan fingerprint density at radius 1 is 0.857 bits per heavy atom. The van der Waals surface area contributed by atoms with Crippen molar-refractivity contribution in [2.45, 2.75) is 119 Å². The maximum Gasteiger partial charge on any atom is 0.253 e. The van der Waals surface area contributed by atoms with Crippen molar-refractivity contribution in [3.63, 3.8) is 0 Å². The zero-order chi connectivity index (χ0) is 26.2. The van der Waals surface area contributed by atoms with Gasteiger partial charge in [-0.15, -0.1) is 0 Å². The molecule has 3 nitrogen and oxygen atoms in total. The molecule has 1 N–H and O–H groups in total. The summed E-state index contributed by atoms with van der Waals surface area (Å²) in [6.07, 6.45) is 6.59. The van der Waals surface area contributed by atoms with E-state index in [0.29, 0.717) is 12.5 Å². The van der Waals surface area contributed by atoms with Crippen LogP contribution in [0.25, 0.3) is 11.3 Å². The Bertz CT molecular complexity index is 999. The first-order chi connectivity index (χ1) is 16.1. The molecule has 0 spiro atoms. The van der Waals surface area contributed by atoms with Gasteiger partial charge in [0.1, 0.15) is 0 Å². The summed E-state index contributed by atoms with van der Waals surface area (Å²) in [4.78, 5) is 13.3. The SMILES string of the molecule is Cc1c(C(=O)NCC(C)(C)C)cc(-c2cc(C(C)(C)C)cc(C(C)(C)C)c2)n1CC1CCCCC1. The van der Waals surface area contributed by atoms with Gasteiger partial charge in [0.25, 0.3) is 5.91 Å². The summed E-state index contributed by atoms with van der Waals surface area (Å²) >= 11 is 0. The molecule has 1 aliphatic carbocycles. The molecule has 1 fully saturated rings. The summed E-state index contributed by atoms with van der Waals surface area (Å²) in [5, 5.41) is 3.19. The van der Waals surface area contributed by atoms with E-state index in [4.69, 9.17) is 0 Å². The molecule has 0 saturated heterocycles. The standard InChI is InChI=1S/C32H50N2O/c1-22-27(29(35)33-21-30(2,3)4)19-28(34(22)20-23-14-12-11-13-15-23)24-16-25(31(5,6)7)18-26(17-24)32(8,9)10/h16-19,23H,11-15,20-21H2,1-10H3,(H,33,35). The van der Waals surface area contributed by atoms with Crippen molar-refractivity contribution in [1.29, 1.82) is 0 Å². The molecule has 0 unspecified atom stereocenters. The minimum Gasteiger partial charge on any atom is -0.351 e. The van der Waals surface area contributed by atoms with Crippen LogP contribution in [-0.2, 0) is 17.4 Å². The lowest BCUT2D eigenvalue weighted by atomic mass is 9.79. The van der Waals surface area contributed by atoms with Gasteiger partial charge in [0, 0.05) is 24.5 Å². The zero-order valence-corrected chi connectivity index (χ0v) is 24.2. The van der Waals surface area contributed by atoms with Crippen LogP contribution >= 0.6 is 0 Å². The molecule has 1 saturated carbocycles. The largest absolute Gasteiger partial charge is 0.351 e. The van der Waals surface area contributed by atoms with Crippen LogP contribution in [0.4, 0.5) is 0 Å². The normalized spacial score (nSPS) is 15.9. The summed E-state index contributed by atoms with van der Waals surface area (Å²) in [5.41, 5.74) is 7.19. The highest BCUT2D eigenvalue weighted by Gasteiger charge is 2.26. The maximum absolute atomic E-state index is 13.3. The number of hydrogen-bond acceptors (Lipinski definition) is 1. The van der Waals surface area contributed by atoms with Crippen LogP contribution in [0, 0.1) is 18.3 Å². The van der Waals surface area contributed by atoms with Gasteiger partial charge in [0.2, 0.25) is 0 Å². The number of hydrogen-bond donors (Lipinski definition) is 1. The monoisotopic (exact) mass is 478 g/mol. The fraction of sp³-hybridized carbons (Fsp3) is 0.656. The zero-order valence-electron chi connectivity index (χ0n) is 24.2. The number of carbonyl (C=O) groups excluding carboxylic acids is 1. The average molecular weight is 479 g/mol. The summed E-state index contributed by atoms with van der Waals surface area (Å²) in [7, 11) is 0. The predicted octanol–water partition coefficient (Wildman–Crippen LogP) is 8.41.